The molecule has 0 saturated carbocycles. The van der Waals surface area contributed by atoms with Gasteiger partial charge in [0.1, 0.15) is 5.15 Å². The molecule has 1 rings (SSSR count). The lowest BCUT2D eigenvalue weighted by Gasteiger charge is -2.28. The van der Waals surface area contributed by atoms with Crippen molar-refractivity contribution in [2.24, 2.45) is 0 Å². The molecule has 0 spiro atoms. The zero-order valence-electron chi connectivity index (χ0n) is 12.5. The summed E-state index contributed by atoms with van der Waals surface area (Å²) < 4.78 is 6.10. The van der Waals surface area contributed by atoms with Crippen LogP contribution in [-0.4, -0.2) is 28.9 Å². The quantitative estimate of drug-likeness (QED) is 0.411. The van der Waals surface area contributed by atoms with E-state index in [1.54, 1.807) is 18.0 Å². The van der Waals surface area contributed by atoms with Gasteiger partial charge in [0, 0.05) is 11.1 Å². The fourth-order valence-corrected chi connectivity index (χ4v) is 6.15. The van der Waals surface area contributed by atoms with Crippen molar-refractivity contribution in [1.29, 1.82) is 0 Å². The molecular weight excluding hydrogens is 326 g/mol. The lowest BCUT2D eigenvalue weighted by Crippen LogP contribution is -2.37. The Kier molecular flexibility index (Phi) is 7.51. The van der Waals surface area contributed by atoms with Crippen molar-refractivity contribution >= 4 is 48.0 Å². The van der Waals surface area contributed by atoms with Crippen molar-refractivity contribution in [3.8, 4) is 0 Å². The predicted molar refractivity (Wildman–Crippen MR) is 96.5 cm³/mol. The van der Waals surface area contributed by atoms with Crippen LogP contribution in [0.15, 0.2) is 18.3 Å². The van der Waals surface area contributed by atoms with Gasteiger partial charge in [0.05, 0.1) is 14.7 Å². The standard InChI is InChI=1S/C14H22ClNOS2Si/c1-5-17-14(18)19-13(20(2,3)4)7-6-11-8-9-16-12(15)10-11/h8-10,13H,5-7H2,1-4H3. The summed E-state index contributed by atoms with van der Waals surface area (Å²) in [6.07, 6.45) is 3.85. The van der Waals surface area contributed by atoms with E-state index < -0.39 is 8.07 Å². The minimum Gasteiger partial charge on any atom is -0.479 e. The number of hydrogen-bond donors (Lipinski definition) is 0. The Balaban J connectivity index is 2.64. The molecule has 0 amide bonds. The predicted octanol–water partition coefficient (Wildman–Crippen LogP) is 4.97. The van der Waals surface area contributed by atoms with Crippen LogP contribution in [0.5, 0.6) is 0 Å². The molecule has 112 valence electrons. The van der Waals surface area contributed by atoms with Gasteiger partial charge < -0.3 is 4.74 Å². The molecule has 0 fully saturated rings. The van der Waals surface area contributed by atoms with E-state index in [1.165, 1.54) is 5.56 Å². The highest BCUT2D eigenvalue weighted by Gasteiger charge is 2.28. The van der Waals surface area contributed by atoms with Crippen molar-refractivity contribution in [2.45, 2.75) is 44.3 Å². The Morgan fingerprint density at radius 1 is 1.50 bits per heavy atom. The highest BCUT2D eigenvalue weighted by atomic mass is 35.5. The van der Waals surface area contributed by atoms with E-state index in [1.807, 2.05) is 19.1 Å². The van der Waals surface area contributed by atoms with Crippen LogP contribution in [0.1, 0.15) is 18.9 Å². The van der Waals surface area contributed by atoms with E-state index in [0.717, 1.165) is 12.8 Å². The molecule has 1 aromatic rings. The number of thioether (sulfide) groups is 1. The first-order valence-corrected chi connectivity index (χ1v) is 12.0. The Hall–Kier alpha value is -0.103. The molecule has 20 heavy (non-hydrogen) atoms. The van der Waals surface area contributed by atoms with E-state index in [-0.39, 0.29) is 0 Å². The maximum Gasteiger partial charge on any atom is 0.219 e. The van der Waals surface area contributed by atoms with Crippen LogP contribution < -0.4 is 0 Å². The summed E-state index contributed by atoms with van der Waals surface area (Å²) in [4.78, 5) is 4.57. The number of hydrogen-bond acceptors (Lipinski definition) is 4. The maximum absolute atomic E-state index is 5.93. The molecule has 2 nitrogen and oxygen atoms in total. The zero-order chi connectivity index (χ0) is 15.2. The molecule has 1 unspecified atom stereocenters. The minimum atomic E-state index is -1.30. The highest BCUT2D eigenvalue weighted by molar-refractivity contribution is 8.23. The maximum atomic E-state index is 5.93. The first-order valence-electron chi connectivity index (χ1n) is 6.76. The third-order valence-electron chi connectivity index (χ3n) is 2.95. The van der Waals surface area contributed by atoms with Crippen LogP contribution in [0.2, 0.25) is 24.8 Å². The van der Waals surface area contributed by atoms with Crippen molar-refractivity contribution < 1.29 is 4.74 Å². The third kappa shape index (κ3) is 6.57. The zero-order valence-corrected chi connectivity index (χ0v) is 15.9. The van der Waals surface area contributed by atoms with Crippen LogP contribution >= 0.6 is 35.6 Å². The van der Waals surface area contributed by atoms with Gasteiger partial charge >= 0.3 is 0 Å². The lowest BCUT2D eigenvalue weighted by molar-refractivity contribution is 0.346. The summed E-state index contributed by atoms with van der Waals surface area (Å²) in [5, 5.41) is 0.560. The molecule has 6 heteroatoms. The molecule has 0 saturated heterocycles. The van der Waals surface area contributed by atoms with Gasteiger partial charge in [-0.2, -0.15) is 0 Å². The number of aromatic nitrogens is 1. The second-order valence-corrected chi connectivity index (χ2v) is 13.7. The van der Waals surface area contributed by atoms with Gasteiger partial charge in [0.2, 0.25) is 4.38 Å². The Labute approximate surface area is 137 Å². The molecule has 0 aliphatic heterocycles. The Bertz CT molecular complexity index is 451. The smallest absolute Gasteiger partial charge is 0.219 e. The summed E-state index contributed by atoms with van der Waals surface area (Å²) in [5.41, 5.74) is 1.23. The number of pyridine rings is 1. The second kappa shape index (κ2) is 8.37. The van der Waals surface area contributed by atoms with Gasteiger partial charge in [0.25, 0.3) is 0 Å². The minimum absolute atomic E-state index is 0.550. The molecule has 0 aromatic carbocycles. The molecular formula is C14H22ClNOS2Si. The number of ether oxygens (including phenoxy) is 1. The average Bonchev–Trinajstić information content (AvgIpc) is 2.33. The number of nitrogens with zero attached hydrogens (tertiary/aromatic N) is 1. The van der Waals surface area contributed by atoms with Gasteiger partial charge in [-0.25, -0.2) is 4.98 Å². The van der Waals surface area contributed by atoms with Crippen LogP contribution in [0.3, 0.4) is 0 Å². The van der Waals surface area contributed by atoms with Crippen molar-refractivity contribution in [3.63, 3.8) is 0 Å². The van der Waals surface area contributed by atoms with E-state index >= 15 is 0 Å². The summed E-state index contributed by atoms with van der Waals surface area (Å²) in [7, 11) is -1.30. The van der Waals surface area contributed by atoms with E-state index in [9.17, 15) is 0 Å². The Morgan fingerprint density at radius 3 is 2.75 bits per heavy atom. The van der Waals surface area contributed by atoms with Crippen LogP contribution in [-0.2, 0) is 11.2 Å². The fourth-order valence-electron chi connectivity index (χ4n) is 1.83. The summed E-state index contributed by atoms with van der Waals surface area (Å²) in [6, 6.07) is 3.97. The summed E-state index contributed by atoms with van der Waals surface area (Å²) >= 11 is 12.9. The van der Waals surface area contributed by atoms with Crippen molar-refractivity contribution in [3.05, 3.63) is 29.0 Å². The molecule has 1 heterocycles. The first-order chi connectivity index (χ1) is 9.32. The highest BCUT2D eigenvalue weighted by Crippen LogP contribution is 2.28. The largest absolute Gasteiger partial charge is 0.479 e. The van der Waals surface area contributed by atoms with Crippen LogP contribution in [0, 0.1) is 0 Å². The van der Waals surface area contributed by atoms with Crippen LogP contribution in [0.25, 0.3) is 0 Å². The molecule has 0 N–H and O–H groups in total. The molecule has 0 aliphatic carbocycles. The summed E-state index contributed by atoms with van der Waals surface area (Å²) in [5.74, 6) is 0. The van der Waals surface area contributed by atoms with E-state index in [4.69, 9.17) is 28.6 Å². The van der Waals surface area contributed by atoms with Crippen molar-refractivity contribution in [1.82, 2.24) is 4.98 Å². The lowest BCUT2D eigenvalue weighted by atomic mass is 10.2. The van der Waals surface area contributed by atoms with E-state index in [0.29, 0.717) is 21.0 Å². The number of rotatable bonds is 6. The second-order valence-electron chi connectivity index (χ2n) is 5.68. The third-order valence-corrected chi connectivity index (χ3v) is 9.09. The average molecular weight is 348 g/mol. The van der Waals surface area contributed by atoms with Crippen molar-refractivity contribution in [2.75, 3.05) is 6.61 Å². The number of halogens is 1. The SMILES string of the molecule is CCOC(=S)SC(CCc1ccnc(Cl)c1)[Si](C)(C)C. The van der Waals surface area contributed by atoms with E-state index in [2.05, 4.69) is 24.6 Å². The molecule has 0 bridgehead atoms. The molecule has 1 aromatic heterocycles. The number of aryl methyl sites for hydroxylation is 1. The molecule has 0 radical (unpaired) electrons. The normalized spacial score (nSPS) is 13.1. The first kappa shape index (κ1) is 17.9. The molecule has 0 aliphatic rings. The van der Waals surface area contributed by atoms with Gasteiger partial charge in [-0.1, -0.05) is 43.0 Å². The fraction of sp³-hybridized carbons (Fsp3) is 0.571. The monoisotopic (exact) mass is 347 g/mol. The van der Waals surface area contributed by atoms with Gasteiger partial charge in [-0.15, -0.1) is 0 Å². The number of thiocarbonyl (C=S) groups is 1. The van der Waals surface area contributed by atoms with Gasteiger partial charge in [0.15, 0.2) is 0 Å². The topological polar surface area (TPSA) is 22.1 Å². The van der Waals surface area contributed by atoms with Gasteiger partial charge in [-0.05, 0) is 49.7 Å². The summed E-state index contributed by atoms with van der Waals surface area (Å²) in [6.45, 7) is 9.73. The Morgan fingerprint density at radius 2 is 2.20 bits per heavy atom. The van der Waals surface area contributed by atoms with Crippen LogP contribution in [0.4, 0.5) is 0 Å². The molecule has 1 atom stereocenters. The van der Waals surface area contributed by atoms with Gasteiger partial charge in [-0.3, -0.25) is 0 Å².